The molecule has 0 aromatic heterocycles. The van der Waals surface area contributed by atoms with Crippen LogP contribution in [0.25, 0.3) is 0 Å². The molecular formula is C26H36O4. The summed E-state index contributed by atoms with van der Waals surface area (Å²) >= 11 is 0. The lowest BCUT2D eigenvalue weighted by atomic mass is 9.46. The molecule has 4 aliphatic carbocycles. The SMILES string of the molecule is CC#CC[C@]12CCC3(CC1=CC[C@@H]1[C@@H]2CC[C@@]2(C)[C@H]1CCC21OCCO1)OCCO3. The van der Waals surface area contributed by atoms with Crippen molar-refractivity contribution in [3.63, 3.8) is 0 Å². The smallest absolute Gasteiger partial charge is 0.174 e. The van der Waals surface area contributed by atoms with Crippen molar-refractivity contribution in [3.05, 3.63) is 11.6 Å². The molecule has 4 heteroatoms. The summed E-state index contributed by atoms with van der Waals surface area (Å²) in [5.41, 5.74) is 1.95. The molecule has 2 spiro atoms. The Hall–Kier alpha value is -0.860. The van der Waals surface area contributed by atoms with Gasteiger partial charge in [0.25, 0.3) is 0 Å². The predicted molar refractivity (Wildman–Crippen MR) is 113 cm³/mol. The van der Waals surface area contributed by atoms with Gasteiger partial charge in [0.15, 0.2) is 11.6 Å². The lowest BCUT2D eigenvalue weighted by molar-refractivity contribution is -0.244. The highest BCUT2D eigenvalue weighted by Crippen LogP contribution is 2.69. The Labute approximate surface area is 181 Å². The minimum atomic E-state index is -0.353. The van der Waals surface area contributed by atoms with E-state index in [9.17, 15) is 0 Å². The molecule has 164 valence electrons. The molecule has 5 atom stereocenters. The van der Waals surface area contributed by atoms with E-state index in [0.717, 1.165) is 64.4 Å². The lowest BCUT2D eigenvalue weighted by Crippen LogP contribution is -2.56. The van der Waals surface area contributed by atoms with Crippen molar-refractivity contribution in [2.24, 2.45) is 28.6 Å². The minimum Gasteiger partial charge on any atom is -0.347 e. The first kappa shape index (κ1) is 19.8. The van der Waals surface area contributed by atoms with Crippen LogP contribution in [-0.4, -0.2) is 38.0 Å². The van der Waals surface area contributed by atoms with Gasteiger partial charge < -0.3 is 18.9 Å². The normalized spacial score (nSPS) is 45.4. The third-order valence-corrected chi connectivity index (χ3v) is 10.0. The second-order valence-corrected chi connectivity index (χ2v) is 10.8. The molecule has 2 aliphatic heterocycles. The first-order chi connectivity index (χ1) is 14.6. The van der Waals surface area contributed by atoms with Crippen molar-refractivity contribution in [1.29, 1.82) is 0 Å². The van der Waals surface area contributed by atoms with Gasteiger partial charge in [0.05, 0.1) is 26.4 Å². The summed E-state index contributed by atoms with van der Waals surface area (Å²) in [5.74, 6) is 8.18. The van der Waals surface area contributed by atoms with Crippen LogP contribution < -0.4 is 0 Å². The van der Waals surface area contributed by atoms with E-state index >= 15 is 0 Å². The molecule has 2 heterocycles. The molecule has 0 N–H and O–H groups in total. The van der Waals surface area contributed by atoms with Crippen LogP contribution in [0.4, 0.5) is 0 Å². The fourth-order valence-corrected chi connectivity index (χ4v) is 8.62. The van der Waals surface area contributed by atoms with Crippen LogP contribution >= 0.6 is 0 Å². The summed E-state index contributed by atoms with van der Waals surface area (Å²) < 4.78 is 24.9. The van der Waals surface area contributed by atoms with Gasteiger partial charge in [-0.05, 0) is 56.8 Å². The Morgan fingerprint density at radius 3 is 2.43 bits per heavy atom. The van der Waals surface area contributed by atoms with Gasteiger partial charge in [0, 0.05) is 36.5 Å². The monoisotopic (exact) mass is 412 g/mol. The molecule has 0 bridgehead atoms. The largest absolute Gasteiger partial charge is 0.347 e. The summed E-state index contributed by atoms with van der Waals surface area (Å²) in [5, 5.41) is 0. The molecule has 0 aromatic rings. The molecule has 4 nitrogen and oxygen atoms in total. The average Bonchev–Trinajstić information content (AvgIpc) is 3.48. The zero-order valence-corrected chi connectivity index (χ0v) is 18.6. The summed E-state index contributed by atoms with van der Waals surface area (Å²) in [6.45, 7) is 7.46. The zero-order chi connectivity index (χ0) is 20.5. The topological polar surface area (TPSA) is 36.9 Å². The Morgan fingerprint density at radius 1 is 0.933 bits per heavy atom. The van der Waals surface area contributed by atoms with Gasteiger partial charge >= 0.3 is 0 Å². The number of fused-ring (bicyclic) bond motifs is 6. The van der Waals surface area contributed by atoms with Crippen molar-refractivity contribution in [3.8, 4) is 11.8 Å². The number of hydrogen-bond acceptors (Lipinski definition) is 4. The zero-order valence-electron chi connectivity index (χ0n) is 18.6. The van der Waals surface area contributed by atoms with Gasteiger partial charge in [0.2, 0.25) is 0 Å². The highest BCUT2D eigenvalue weighted by Gasteiger charge is 2.67. The number of ether oxygens (including phenoxy) is 4. The Kier molecular flexibility index (Phi) is 4.50. The molecule has 0 unspecified atom stereocenters. The molecule has 0 amide bonds. The molecule has 2 saturated heterocycles. The third-order valence-electron chi connectivity index (χ3n) is 10.0. The van der Waals surface area contributed by atoms with Crippen LogP contribution in [0.2, 0.25) is 0 Å². The van der Waals surface area contributed by atoms with Crippen LogP contribution in [0, 0.1) is 40.4 Å². The maximum absolute atomic E-state index is 6.32. The first-order valence-electron chi connectivity index (χ1n) is 12.2. The molecule has 0 aromatic carbocycles. The minimum absolute atomic E-state index is 0.154. The second-order valence-electron chi connectivity index (χ2n) is 10.8. The second kappa shape index (κ2) is 6.82. The summed E-state index contributed by atoms with van der Waals surface area (Å²) in [6, 6.07) is 0. The van der Waals surface area contributed by atoms with Crippen molar-refractivity contribution in [1.82, 2.24) is 0 Å². The molecule has 30 heavy (non-hydrogen) atoms. The van der Waals surface area contributed by atoms with Gasteiger partial charge in [-0.1, -0.05) is 18.6 Å². The highest BCUT2D eigenvalue weighted by atomic mass is 16.7. The lowest BCUT2D eigenvalue weighted by Gasteiger charge is -2.60. The first-order valence-corrected chi connectivity index (χ1v) is 12.2. The van der Waals surface area contributed by atoms with Gasteiger partial charge in [-0.2, -0.15) is 0 Å². The number of hydrogen-bond donors (Lipinski definition) is 0. The molecule has 5 fully saturated rings. The van der Waals surface area contributed by atoms with Crippen LogP contribution in [0.15, 0.2) is 11.6 Å². The number of allylic oxidation sites excluding steroid dienone is 1. The third kappa shape index (κ3) is 2.50. The molecule has 6 rings (SSSR count). The van der Waals surface area contributed by atoms with Crippen molar-refractivity contribution < 1.29 is 18.9 Å². The standard InChI is InChI=1S/C26H36O4/c1-3-4-9-24-12-13-25(27-14-15-28-25)18-19(24)5-6-20-21-8-11-26(29-16-17-30-26)23(21,2)10-7-22(20)24/h5,20-22H,6-18H2,1-2H3/t20-,21-,22-,23-,24-/m0/s1. The average molecular weight is 413 g/mol. The van der Waals surface area contributed by atoms with E-state index in [0.29, 0.717) is 11.8 Å². The van der Waals surface area contributed by atoms with E-state index in [1.165, 1.54) is 25.7 Å². The van der Waals surface area contributed by atoms with Gasteiger partial charge in [0.1, 0.15) is 0 Å². The van der Waals surface area contributed by atoms with E-state index < -0.39 is 0 Å². The molecule has 6 aliphatic rings. The van der Waals surface area contributed by atoms with E-state index in [4.69, 9.17) is 18.9 Å². The fraction of sp³-hybridized carbons (Fsp3) is 0.846. The van der Waals surface area contributed by atoms with E-state index in [1.54, 1.807) is 5.57 Å². The molecular weight excluding hydrogens is 376 g/mol. The Balaban J connectivity index is 1.36. The summed E-state index contributed by atoms with van der Waals surface area (Å²) in [7, 11) is 0. The van der Waals surface area contributed by atoms with Crippen molar-refractivity contribution >= 4 is 0 Å². The summed E-state index contributed by atoms with van der Waals surface area (Å²) in [6.07, 6.45) is 12.7. The van der Waals surface area contributed by atoms with Gasteiger partial charge in [-0.15, -0.1) is 11.8 Å². The van der Waals surface area contributed by atoms with Crippen LogP contribution in [0.5, 0.6) is 0 Å². The maximum atomic E-state index is 6.32. The molecule has 3 saturated carbocycles. The fourth-order valence-electron chi connectivity index (χ4n) is 8.62. The Morgan fingerprint density at radius 2 is 1.67 bits per heavy atom. The van der Waals surface area contributed by atoms with E-state index in [1.807, 2.05) is 6.92 Å². The quantitative estimate of drug-likeness (QED) is 0.457. The van der Waals surface area contributed by atoms with E-state index in [-0.39, 0.29) is 22.4 Å². The van der Waals surface area contributed by atoms with Gasteiger partial charge in [-0.3, -0.25) is 0 Å². The van der Waals surface area contributed by atoms with Crippen molar-refractivity contribution in [2.45, 2.75) is 83.2 Å². The predicted octanol–water partition coefficient (Wildman–Crippen LogP) is 4.83. The summed E-state index contributed by atoms with van der Waals surface area (Å²) in [4.78, 5) is 0. The number of rotatable bonds is 1. The van der Waals surface area contributed by atoms with E-state index in [2.05, 4.69) is 24.8 Å². The highest BCUT2D eigenvalue weighted by molar-refractivity contribution is 5.30. The van der Waals surface area contributed by atoms with Gasteiger partial charge in [-0.25, -0.2) is 0 Å². The van der Waals surface area contributed by atoms with Crippen molar-refractivity contribution in [2.75, 3.05) is 26.4 Å². The maximum Gasteiger partial charge on any atom is 0.174 e. The van der Waals surface area contributed by atoms with Crippen LogP contribution in [-0.2, 0) is 18.9 Å². The van der Waals surface area contributed by atoms with Crippen LogP contribution in [0.3, 0.4) is 0 Å². The Bertz CT molecular complexity index is 794. The molecule has 0 radical (unpaired) electrons. The van der Waals surface area contributed by atoms with Crippen LogP contribution in [0.1, 0.15) is 71.6 Å².